The van der Waals surface area contributed by atoms with Crippen molar-refractivity contribution in [3.63, 3.8) is 0 Å². The fraction of sp³-hybridized carbons (Fsp3) is 0.200. The van der Waals surface area contributed by atoms with Crippen LogP contribution in [0.25, 0.3) is 0 Å². The first-order valence-electron chi connectivity index (χ1n) is 6.34. The molecule has 0 aromatic heterocycles. The number of alkyl halides is 1. The van der Waals surface area contributed by atoms with Crippen molar-refractivity contribution in [3.05, 3.63) is 62.7 Å². The van der Waals surface area contributed by atoms with Crippen LogP contribution in [0.5, 0.6) is 11.5 Å². The Kier molecular flexibility index (Phi) is 5.20. The van der Waals surface area contributed by atoms with E-state index in [-0.39, 0.29) is 11.4 Å². The largest absolute Gasteiger partial charge is 0.450 e. The third-order valence-corrected chi connectivity index (χ3v) is 3.98. The number of hydrogen-bond acceptors (Lipinski definition) is 3. The quantitative estimate of drug-likeness (QED) is 0.397. The number of hydrogen-bond donors (Lipinski definition) is 0. The Hall–Kier alpha value is -1.59. The second-order valence-corrected chi connectivity index (χ2v) is 5.37. The molecule has 0 aliphatic heterocycles. The number of rotatable bonds is 5. The molecule has 0 atom stereocenters. The standard InChI is InChI=1S/C15H13BrClNO3/c1-2-10-3-6-15(14(7-10)18(19)20)21-12-5-4-11(9-16)13(17)8-12/h3-8H,2,9H2,1H3. The minimum absolute atomic E-state index is 0.0463. The summed E-state index contributed by atoms with van der Waals surface area (Å²) in [5.41, 5.74) is 1.77. The van der Waals surface area contributed by atoms with Crippen LogP contribution in [-0.4, -0.2) is 4.92 Å². The molecule has 0 heterocycles. The normalized spacial score (nSPS) is 10.4. The zero-order chi connectivity index (χ0) is 15.4. The van der Waals surface area contributed by atoms with Gasteiger partial charge in [0.2, 0.25) is 5.75 Å². The maximum absolute atomic E-state index is 11.1. The van der Waals surface area contributed by atoms with Gasteiger partial charge >= 0.3 is 5.69 Å². The van der Waals surface area contributed by atoms with Crippen LogP contribution in [0.1, 0.15) is 18.1 Å². The number of halogens is 2. The first kappa shape index (κ1) is 15.8. The Labute approximate surface area is 136 Å². The van der Waals surface area contributed by atoms with E-state index in [1.54, 1.807) is 18.2 Å². The third kappa shape index (κ3) is 3.74. The van der Waals surface area contributed by atoms with Crippen LogP contribution >= 0.6 is 27.5 Å². The number of benzene rings is 2. The van der Waals surface area contributed by atoms with Gasteiger partial charge in [0, 0.05) is 16.4 Å². The van der Waals surface area contributed by atoms with Crippen molar-refractivity contribution in [2.45, 2.75) is 18.7 Å². The van der Waals surface area contributed by atoms with Gasteiger partial charge in [-0.3, -0.25) is 10.1 Å². The van der Waals surface area contributed by atoms with E-state index in [1.807, 2.05) is 19.1 Å². The molecule has 0 spiro atoms. The predicted octanol–water partition coefficient (Wildman–Crippen LogP) is 5.50. The maximum Gasteiger partial charge on any atom is 0.311 e. The molecule has 0 unspecified atom stereocenters. The van der Waals surface area contributed by atoms with E-state index in [0.29, 0.717) is 16.1 Å². The highest BCUT2D eigenvalue weighted by Crippen LogP contribution is 2.34. The van der Waals surface area contributed by atoms with Gasteiger partial charge in [0.25, 0.3) is 0 Å². The lowest BCUT2D eigenvalue weighted by Gasteiger charge is -2.09. The molecule has 0 saturated carbocycles. The minimum atomic E-state index is -0.442. The van der Waals surface area contributed by atoms with Gasteiger partial charge in [-0.15, -0.1) is 0 Å². The molecular weight excluding hydrogens is 358 g/mol. The molecule has 0 bridgehead atoms. The number of nitrogens with zero attached hydrogens (tertiary/aromatic N) is 1. The summed E-state index contributed by atoms with van der Waals surface area (Å²) in [7, 11) is 0. The summed E-state index contributed by atoms with van der Waals surface area (Å²) < 4.78 is 5.61. The minimum Gasteiger partial charge on any atom is -0.450 e. The predicted molar refractivity (Wildman–Crippen MR) is 86.6 cm³/mol. The highest BCUT2D eigenvalue weighted by atomic mass is 79.9. The molecule has 2 rings (SSSR count). The smallest absolute Gasteiger partial charge is 0.311 e. The van der Waals surface area contributed by atoms with Crippen molar-refractivity contribution >= 4 is 33.2 Å². The highest BCUT2D eigenvalue weighted by Gasteiger charge is 2.16. The van der Waals surface area contributed by atoms with Gasteiger partial charge in [-0.2, -0.15) is 0 Å². The van der Waals surface area contributed by atoms with Crippen molar-refractivity contribution in [3.8, 4) is 11.5 Å². The molecule has 0 N–H and O–H groups in total. The molecule has 0 radical (unpaired) electrons. The number of aryl methyl sites for hydroxylation is 1. The van der Waals surface area contributed by atoms with E-state index in [2.05, 4.69) is 15.9 Å². The van der Waals surface area contributed by atoms with Crippen molar-refractivity contribution in [1.82, 2.24) is 0 Å². The topological polar surface area (TPSA) is 52.4 Å². The first-order chi connectivity index (χ1) is 10.0. The Morgan fingerprint density at radius 3 is 2.62 bits per heavy atom. The molecule has 0 aliphatic carbocycles. The molecule has 2 aromatic carbocycles. The van der Waals surface area contributed by atoms with E-state index in [9.17, 15) is 10.1 Å². The average Bonchev–Trinajstić information content (AvgIpc) is 2.47. The van der Waals surface area contributed by atoms with Crippen LogP contribution in [0.15, 0.2) is 36.4 Å². The van der Waals surface area contributed by atoms with E-state index in [1.165, 1.54) is 6.07 Å². The van der Waals surface area contributed by atoms with E-state index in [0.717, 1.165) is 17.5 Å². The maximum atomic E-state index is 11.1. The summed E-state index contributed by atoms with van der Waals surface area (Å²) in [6.07, 6.45) is 0.729. The van der Waals surface area contributed by atoms with E-state index >= 15 is 0 Å². The molecule has 6 heteroatoms. The number of nitro benzene ring substituents is 1. The van der Waals surface area contributed by atoms with Gasteiger partial charge in [-0.25, -0.2) is 0 Å². The Morgan fingerprint density at radius 2 is 2.05 bits per heavy atom. The van der Waals surface area contributed by atoms with Crippen molar-refractivity contribution in [2.75, 3.05) is 0 Å². The Balaban J connectivity index is 2.35. The lowest BCUT2D eigenvalue weighted by atomic mass is 10.1. The summed E-state index contributed by atoms with van der Waals surface area (Å²) in [6, 6.07) is 10.2. The zero-order valence-corrected chi connectivity index (χ0v) is 13.6. The second-order valence-electron chi connectivity index (χ2n) is 4.40. The van der Waals surface area contributed by atoms with Gasteiger partial charge in [0.05, 0.1) is 4.92 Å². The zero-order valence-electron chi connectivity index (χ0n) is 11.3. The van der Waals surface area contributed by atoms with Crippen LogP contribution < -0.4 is 4.74 Å². The van der Waals surface area contributed by atoms with Crippen molar-refractivity contribution in [1.29, 1.82) is 0 Å². The van der Waals surface area contributed by atoms with Crippen LogP contribution in [0.2, 0.25) is 5.02 Å². The fourth-order valence-corrected chi connectivity index (χ4v) is 2.73. The fourth-order valence-electron chi connectivity index (χ4n) is 1.84. The monoisotopic (exact) mass is 369 g/mol. The molecule has 0 aliphatic rings. The van der Waals surface area contributed by atoms with Crippen molar-refractivity contribution in [2.24, 2.45) is 0 Å². The average molecular weight is 371 g/mol. The van der Waals surface area contributed by atoms with Gasteiger partial charge in [-0.05, 0) is 35.7 Å². The van der Waals surface area contributed by atoms with Gasteiger partial charge in [0.15, 0.2) is 0 Å². The second kappa shape index (κ2) is 6.91. The lowest BCUT2D eigenvalue weighted by molar-refractivity contribution is -0.385. The van der Waals surface area contributed by atoms with Crippen LogP contribution in [-0.2, 0) is 11.8 Å². The lowest BCUT2D eigenvalue weighted by Crippen LogP contribution is -1.95. The molecule has 4 nitrogen and oxygen atoms in total. The first-order valence-corrected chi connectivity index (χ1v) is 7.84. The van der Waals surface area contributed by atoms with Gasteiger partial charge in [0.1, 0.15) is 5.75 Å². The Morgan fingerprint density at radius 1 is 1.29 bits per heavy atom. The molecule has 0 fully saturated rings. The van der Waals surface area contributed by atoms with Crippen LogP contribution in [0.4, 0.5) is 5.69 Å². The molecular formula is C15H13BrClNO3. The number of ether oxygens (including phenoxy) is 1. The molecule has 21 heavy (non-hydrogen) atoms. The van der Waals surface area contributed by atoms with E-state index < -0.39 is 4.92 Å². The molecule has 110 valence electrons. The van der Waals surface area contributed by atoms with Crippen LogP contribution in [0.3, 0.4) is 0 Å². The van der Waals surface area contributed by atoms with Gasteiger partial charge < -0.3 is 4.74 Å². The molecule has 0 saturated heterocycles. The number of nitro groups is 1. The molecule has 2 aromatic rings. The van der Waals surface area contributed by atoms with Crippen LogP contribution in [0, 0.1) is 10.1 Å². The van der Waals surface area contributed by atoms with E-state index in [4.69, 9.17) is 16.3 Å². The van der Waals surface area contributed by atoms with Gasteiger partial charge in [-0.1, -0.05) is 46.6 Å². The summed E-state index contributed by atoms with van der Waals surface area (Å²) in [5, 5.41) is 12.3. The Bertz CT molecular complexity index is 676. The summed E-state index contributed by atoms with van der Waals surface area (Å²) >= 11 is 9.43. The summed E-state index contributed by atoms with van der Waals surface area (Å²) in [5.74, 6) is 0.678. The summed E-state index contributed by atoms with van der Waals surface area (Å²) in [4.78, 5) is 10.7. The highest BCUT2D eigenvalue weighted by molar-refractivity contribution is 9.08. The van der Waals surface area contributed by atoms with Crippen molar-refractivity contribution < 1.29 is 9.66 Å². The summed E-state index contributed by atoms with van der Waals surface area (Å²) in [6.45, 7) is 1.94. The third-order valence-electron chi connectivity index (χ3n) is 3.02. The molecule has 0 amide bonds. The SMILES string of the molecule is CCc1ccc(Oc2ccc(CBr)c(Cl)c2)c([N+](=O)[O-])c1.